The topological polar surface area (TPSA) is 67.6 Å². The lowest BCUT2D eigenvalue weighted by atomic mass is 10.2. The number of rotatable bonds is 5. The molecule has 2 atom stereocenters. The molecule has 104 valence electrons. The average Bonchev–Trinajstić information content (AvgIpc) is 2.88. The number of hydrogen-bond acceptors (Lipinski definition) is 4. The Labute approximate surface area is 113 Å². The summed E-state index contributed by atoms with van der Waals surface area (Å²) in [5, 5.41) is 2.98. The van der Waals surface area contributed by atoms with Crippen LogP contribution in [0, 0.1) is 0 Å². The molecule has 0 radical (unpaired) electrons. The molecule has 1 amide bonds. The molecule has 2 rings (SSSR count). The van der Waals surface area contributed by atoms with Gasteiger partial charge in [-0.2, -0.15) is 0 Å². The maximum Gasteiger partial charge on any atom is 0.239 e. The summed E-state index contributed by atoms with van der Waals surface area (Å²) >= 11 is 0. The predicted octanol–water partition coefficient (Wildman–Crippen LogP) is 0.355. The molecule has 1 heterocycles. The van der Waals surface area contributed by atoms with Gasteiger partial charge in [-0.1, -0.05) is 18.2 Å². The first-order chi connectivity index (χ1) is 9.20. The van der Waals surface area contributed by atoms with Crippen molar-refractivity contribution in [3.05, 3.63) is 30.3 Å². The van der Waals surface area contributed by atoms with E-state index < -0.39 is 6.04 Å². The molecule has 5 nitrogen and oxygen atoms in total. The van der Waals surface area contributed by atoms with E-state index in [1.807, 2.05) is 18.2 Å². The van der Waals surface area contributed by atoms with Crippen LogP contribution in [-0.4, -0.2) is 44.8 Å². The van der Waals surface area contributed by atoms with Gasteiger partial charge >= 0.3 is 0 Å². The molecule has 5 heteroatoms. The van der Waals surface area contributed by atoms with Crippen molar-refractivity contribution in [2.45, 2.75) is 18.5 Å². The van der Waals surface area contributed by atoms with Crippen molar-refractivity contribution in [3.8, 4) is 0 Å². The summed E-state index contributed by atoms with van der Waals surface area (Å²) in [5.41, 5.74) is 6.90. The van der Waals surface area contributed by atoms with Gasteiger partial charge in [0.15, 0.2) is 0 Å². The second-order valence-electron chi connectivity index (χ2n) is 4.84. The fraction of sp³-hybridized carbons (Fsp3) is 0.500. The van der Waals surface area contributed by atoms with Gasteiger partial charge in [-0.25, -0.2) is 0 Å². The Morgan fingerprint density at radius 3 is 2.95 bits per heavy atom. The van der Waals surface area contributed by atoms with Gasteiger partial charge in [0.05, 0.1) is 6.61 Å². The summed E-state index contributed by atoms with van der Waals surface area (Å²) in [4.78, 5) is 14.1. The zero-order chi connectivity index (χ0) is 13.7. The van der Waals surface area contributed by atoms with Crippen LogP contribution in [0.2, 0.25) is 0 Å². The number of nitrogens with one attached hydrogen (secondary N) is 1. The molecule has 0 saturated carbocycles. The fourth-order valence-electron chi connectivity index (χ4n) is 2.31. The molecule has 1 fully saturated rings. The molecule has 1 aromatic rings. The van der Waals surface area contributed by atoms with Crippen LogP contribution < -0.4 is 16.0 Å². The highest BCUT2D eigenvalue weighted by Crippen LogP contribution is 2.19. The van der Waals surface area contributed by atoms with Crippen LogP contribution in [-0.2, 0) is 9.53 Å². The van der Waals surface area contributed by atoms with E-state index in [0.29, 0.717) is 0 Å². The van der Waals surface area contributed by atoms with E-state index in [4.69, 9.17) is 10.5 Å². The van der Waals surface area contributed by atoms with Gasteiger partial charge in [0.2, 0.25) is 5.91 Å². The van der Waals surface area contributed by atoms with Gasteiger partial charge < -0.3 is 20.7 Å². The van der Waals surface area contributed by atoms with E-state index in [1.165, 1.54) is 5.69 Å². The third-order valence-electron chi connectivity index (χ3n) is 3.34. The Balaban J connectivity index is 1.84. The first-order valence-electron chi connectivity index (χ1n) is 6.55. The van der Waals surface area contributed by atoms with Gasteiger partial charge in [0.1, 0.15) is 6.04 Å². The van der Waals surface area contributed by atoms with E-state index in [1.54, 1.807) is 7.11 Å². The second kappa shape index (κ2) is 6.54. The molecular weight excluding hydrogens is 242 g/mol. The van der Waals surface area contributed by atoms with Gasteiger partial charge in [0, 0.05) is 31.9 Å². The number of nitrogens with zero attached hydrogens (tertiary/aromatic N) is 1. The third-order valence-corrected chi connectivity index (χ3v) is 3.34. The highest BCUT2D eigenvalue weighted by molar-refractivity contribution is 5.82. The fourth-order valence-corrected chi connectivity index (χ4v) is 2.31. The van der Waals surface area contributed by atoms with E-state index in [9.17, 15) is 4.79 Å². The number of hydrogen-bond donors (Lipinski definition) is 2. The highest BCUT2D eigenvalue weighted by atomic mass is 16.5. The first-order valence-corrected chi connectivity index (χ1v) is 6.55. The number of para-hydroxylation sites is 1. The van der Waals surface area contributed by atoms with Crippen LogP contribution in [0.3, 0.4) is 0 Å². The molecule has 1 aliphatic heterocycles. The average molecular weight is 263 g/mol. The third kappa shape index (κ3) is 3.68. The summed E-state index contributed by atoms with van der Waals surface area (Å²) < 4.78 is 4.88. The number of anilines is 1. The molecular formula is C14H21N3O2. The Hall–Kier alpha value is -1.59. The Morgan fingerprint density at radius 1 is 1.53 bits per heavy atom. The van der Waals surface area contributed by atoms with Gasteiger partial charge in [-0.15, -0.1) is 0 Å². The number of ether oxygens (including phenoxy) is 1. The van der Waals surface area contributed by atoms with Crippen LogP contribution in [0.15, 0.2) is 30.3 Å². The molecule has 1 saturated heterocycles. The summed E-state index contributed by atoms with van der Waals surface area (Å²) in [6.45, 7) is 2.03. The maximum absolute atomic E-state index is 11.8. The molecule has 0 aliphatic carbocycles. The zero-order valence-corrected chi connectivity index (χ0v) is 11.2. The quantitative estimate of drug-likeness (QED) is 0.804. The standard InChI is InChI=1S/C14H21N3O2/c1-19-10-13(15)14(18)16-11-7-8-17(9-11)12-5-3-2-4-6-12/h2-6,11,13H,7-10,15H2,1H3,(H,16,18). The summed E-state index contributed by atoms with van der Waals surface area (Å²) in [5.74, 6) is -0.137. The molecule has 0 spiro atoms. The molecule has 0 bridgehead atoms. The van der Waals surface area contributed by atoms with Crippen molar-refractivity contribution in [3.63, 3.8) is 0 Å². The minimum absolute atomic E-state index is 0.137. The molecule has 19 heavy (non-hydrogen) atoms. The van der Waals surface area contributed by atoms with E-state index in [2.05, 4.69) is 22.3 Å². The SMILES string of the molecule is COCC(N)C(=O)NC1CCN(c2ccccc2)C1. The molecule has 3 N–H and O–H groups in total. The van der Waals surface area contributed by atoms with Crippen LogP contribution in [0.4, 0.5) is 5.69 Å². The Morgan fingerprint density at radius 2 is 2.26 bits per heavy atom. The van der Waals surface area contributed by atoms with Crippen molar-refractivity contribution in [1.29, 1.82) is 0 Å². The lowest BCUT2D eigenvalue weighted by molar-refractivity contribution is -0.124. The predicted molar refractivity (Wildman–Crippen MR) is 75.1 cm³/mol. The molecule has 2 unspecified atom stereocenters. The van der Waals surface area contributed by atoms with Crippen LogP contribution >= 0.6 is 0 Å². The summed E-state index contributed by atoms with van der Waals surface area (Å²) in [7, 11) is 1.54. The molecule has 0 aromatic heterocycles. The highest BCUT2D eigenvalue weighted by Gasteiger charge is 2.25. The molecule has 1 aliphatic rings. The van der Waals surface area contributed by atoms with Gasteiger partial charge in [-0.05, 0) is 18.6 Å². The van der Waals surface area contributed by atoms with Crippen molar-refractivity contribution in [1.82, 2.24) is 5.32 Å². The second-order valence-corrected chi connectivity index (χ2v) is 4.84. The number of benzene rings is 1. The number of carbonyl (C=O) groups is 1. The smallest absolute Gasteiger partial charge is 0.239 e. The van der Waals surface area contributed by atoms with Crippen molar-refractivity contribution < 1.29 is 9.53 Å². The summed E-state index contributed by atoms with van der Waals surface area (Å²) in [6.07, 6.45) is 0.945. The monoisotopic (exact) mass is 263 g/mol. The normalized spacial score (nSPS) is 20.3. The van der Waals surface area contributed by atoms with E-state index in [-0.39, 0.29) is 18.6 Å². The summed E-state index contributed by atoms with van der Waals surface area (Å²) in [6, 6.07) is 9.79. The minimum atomic E-state index is -0.587. The van der Waals surface area contributed by atoms with Crippen molar-refractivity contribution >= 4 is 11.6 Å². The Bertz CT molecular complexity index is 410. The van der Waals surface area contributed by atoms with E-state index in [0.717, 1.165) is 19.5 Å². The number of nitrogens with two attached hydrogens (primary N) is 1. The van der Waals surface area contributed by atoms with Crippen molar-refractivity contribution in [2.24, 2.45) is 5.73 Å². The van der Waals surface area contributed by atoms with Gasteiger partial charge in [0.25, 0.3) is 0 Å². The number of amides is 1. The van der Waals surface area contributed by atoms with Crippen LogP contribution in [0.25, 0.3) is 0 Å². The number of carbonyl (C=O) groups excluding carboxylic acids is 1. The lowest BCUT2D eigenvalue weighted by Crippen LogP contribution is -2.48. The molecule has 1 aromatic carbocycles. The first kappa shape index (κ1) is 13.8. The minimum Gasteiger partial charge on any atom is -0.383 e. The van der Waals surface area contributed by atoms with Gasteiger partial charge in [-0.3, -0.25) is 4.79 Å². The van der Waals surface area contributed by atoms with Crippen LogP contribution in [0.1, 0.15) is 6.42 Å². The maximum atomic E-state index is 11.8. The largest absolute Gasteiger partial charge is 0.383 e. The van der Waals surface area contributed by atoms with E-state index >= 15 is 0 Å². The van der Waals surface area contributed by atoms with Crippen LogP contribution in [0.5, 0.6) is 0 Å². The Kier molecular flexibility index (Phi) is 4.76. The lowest BCUT2D eigenvalue weighted by Gasteiger charge is -2.20. The zero-order valence-electron chi connectivity index (χ0n) is 11.2. The number of methoxy groups -OCH3 is 1. The van der Waals surface area contributed by atoms with Crippen molar-refractivity contribution in [2.75, 3.05) is 31.7 Å².